The molecule has 0 amide bonds. The van der Waals surface area contributed by atoms with E-state index in [0.717, 1.165) is 30.4 Å². The smallest absolute Gasteiger partial charge is 0.169 e. The summed E-state index contributed by atoms with van der Waals surface area (Å²) in [5.41, 5.74) is 0.210. The minimum atomic E-state index is -0.424. The van der Waals surface area contributed by atoms with Gasteiger partial charge in [-0.25, -0.2) is 4.39 Å². The van der Waals surface area contributed by atoms with Crippen LogP contribution < -0.4 is 5.32 Å². The summed E-state index contributed by atoms with van der Waals surface area (Å²) in [6.07, 6.45) is 1.59. The zero-order chi connectivity index (χ0) is 11.5. The molecule has 2 rings (SSSR count). The summed E-state index contributed by atoms with van der Waals surface area (Å²) in [7, 11) is 0. The van der Waals surface area contributed by atoms with Gasteiger partial charge >= 0.3 is 0 Å². The summed E-state index contributed by atoms with van der Waals surface area (Å²) in [5.74, 6) is -0.530. The van der Waals surface area contributed by atoms with Gasteiger partial charge in [-0.3, -0.25) is 4.79 Å². The van der Waals surface area contributed by atoms with Crippen molar-refractivity contribution in [3.8, 4) is 0 Å². The van der Waals surface area contributed by atoms with Crippen LogP contribution in [0.25, 0.3) is 0 Å². The van der Waals surface area contributed by atoms with E-state index >= 15 is 0 Å². The number of rotatable bonds is 2. The minimum absolute atomic E-state index is 0.0370. The van der Waals surface area contributed by atoms with E-state index in [1.165, 1.54) is 6.07 Å². The molecule has 1 aliphatic rings. The van der Waals surface area contributed by atoms with Gasteiger partial charge in [-0.2, -0.15) is 0 Å². The van der Waals surface area contributed by atoms with Crippen LogP contribution >= 0.6 is 15.9 Å². The van der Waals surface area contributed by atoms with E-state index in [-0.39, 0.29) is 17.3 Å². The topological polar surface area (TPSA) is 29.1 Å². The van der Waals surface area contributed by atoms with E-state index < -0.39 is 5.82 Å². The summed E-state index contributed by atoms with van der Waals surface area (Å²) < 4.78 is 14.3. The van der Waals surface area contributed by atoms with Gasteiger partial charge in [0.05, 0.1) is 5.56 Å². The second-order valence-electron chi connectivity index (χ2n) is 4.01. The monoisotopic (exact) mass is 285 g/mol. The van der Waals surface area contributed by atoms with Crippen LogP contribution in [0.4, 0.5) is 4.39 Å². The molecule has 0 spiro atoms. The lowest BCUT2D eigenvalue weighted by Crippen LogP contribution is -2.32. The Morgan fingerprint density at radius 1 is 1.38 bits per heavy atom. The van der Waals surface area contributed by atoms with Crippen LogP contribution in [-0.2, 0) is 0 Å². The fourth-order valence-corrected chi connectivity index (χ4v) is 2.35. The summed E-state index contributed by atoms with van der Waals surface area (Å²) in [6, 6.07) is 4.51. The van der Waals surface area contributed by atoms with Gasteiger partial charge in [0.25, 0.3) is 0 Å². The van der Waals surface area contributed by atoms with Gasteiger partial charge in [0.1, 0.15) is 5.82 Å². The number of Topliss-reactive ketones (excluding diaryl/α,β-unsaturated/α-hetero) is 1. The third-order valence-electron chi connectivity index (χ3n) is 2.90. The normalized spacial score (nSPS) is 17.4. The molecule has 0 aliphatic carbocycles. The van der Waals surface area contributed by atoms with Gasteiger partial charge in [0.2, 0.25) is 0 Å². The lowest BCUT2D eigenvalue weighted by atomic mass is 9.89. The van der Waals surface area contributed by atoms with Gasteiger partial charge in [-0.15, -0.1) is 0 Å². The molecular formula is C12H13BrFNO. The molecule has 0 saturated carbocycles. The molecule has 1 saturated heterocycles. The van der Waals surface area contributed by atoms with Gasteiger partial charge in [0.15, 0.2) is 5.78 Å². The quantitative estimate of drug-likeness (QED) is 0.847. The van der Waals surface area contributed by atoms with E-state index in [1.807, 2.05) is 0 Å². The Hall–Kier alpha value is -0.740. The lowest BCUT2D eigenvalue weighted by molar-refractivity contribution is 0.0891. The third kappa shape index (κ3) is 2.50. The highest BCUT2D eigenvalue weighted by Gasteiger charge is 2.24. The molecular weight excluding hydrogens is 273 g/mol. The van der Waals surface area contributed by atoms with Gasteiger partial charge in [0, 0.05) is 10.4 Å². The largest absolute Gasteiger partial charge is 0.317 e. The van der Waals surface area contributed by atoms with E-state index in [4.69, 9.17) is 0 Å². The van der Waals surface area contributed by atoms with E-state index in [2.05, 4.69) is 21.2 Å². The van der Waals surface area contributed by atoms with Crippen LogP contribution in [0, 0.1) is 11.7 Å². The highest BCUT2D eigenvalue weighted by molar-refractivity contribution is 9.10. The number of hydrogen-bond acceptors (Lipinski definition) is 2. The van der Waals surface area contributed by atoms with Crippen molar-refractivity contribution in [2.45, 2.75) is 12.8 Å². The van der Waals surface area contributed by atoms with Crippen molar-refractivity contribution in [3.63, 3.8) is 0 Å². The number of ketones is 1. The molecule has 1 aliphatic heterocycles. The predicted molar refractivity (Wildman–Crippen MR) is 64.0 cm³/mol. The molecule has 0 unspecified atom stereocenters. The van der Waals surface area contributed by atoms with Crippen molar-refractivity contribution in [1.29, 1.82) is 0 Å². The number of carbonyl (C=O) groups is 1. The van der Waals surface area contributed by atoms with Crippen LogP contribution in [0.2, 0.25) is 0 Å². The number of halogens is 2. The molecule has 1 aromatic rings. The van der Waals surface area contributed by atoms with Crippen LogP contribution in [0.5, 0.6) is 0 Å². The summed E-state index contributed by atoms with van der Waals surface area (Å²) in [5, 5.41) is 3.19. The van der Waals surface area contributed by atoms with E-state index in [9.17, 15) is 9.18 Å². The number of benzene rings is 1. The standard InChI is InChI=1S/C12H13BrFNO/c13-9-1-2-11(14)10(7-9)12(16)8-3-5-15-6-4-8/h1-2,7-8,15H,3-6H2. The van der Waals surface area contributed by atoms with Gasteiger partial charge in [-0.1, -0.05) is 15.9 Å². The molecule has 0 atom stereocenters. The highest BCUT2D eigenvalue weighted by Crippen LogP contribution is 2.22. The van der Waals surface area contributed by atoms with Crippen molar-refractivity contribution < 1.29 is 9.18 Å². The molecule has 86 valence electrons. The number of carbonyl (C=O) groups excluding carboxylic acids is 1. The van der Waals surface area contributed by atoms with Crippen molar-refractivity contribution in [3.05, 3.63) is 34.1 Å². The third-order valence-corrected chi connectivity index (χ3v) is 3.40. The van der Waals surface area contributed by atoms with Crippen LogP contribution in [0.15, 0.2) is 22.7 Å². The highest BCUT2D eigenvalue weighted by atomic mass is 79.9. The maximum Gasteiger partial charge on any atom is 0.169 e. The van der Waals surface area contributed by atoms with Crippen molar-refractivity contribution in [1.82, 2.24) is 5.32 Å². The van der Waals surface area contributed by atoms with Crippen LogP contribution in [0.3, 0.4) is 0 Å². The number of piperidine rings is 1. The zero-order valence-electron chi connectivity index (χ0n) is 8.80. The number of nitrogens with one attached hydrogen (secondary N) is 1. The molecule has 2 nitrogen and oxygen atoms in total. The first-order chi connectivity index (χ1) is 7.68. The maximum absolute atomic E-state index is 13.5. The molecule has 0 radical (unpaired) electrons. The Morgan fingerprint density at radius 3 is 2.75 bits per heavy atom. The molecule has 1 heterocycles. The fraction of sp³-hybridized carbons (Fsp3) is 0.417. The van der Waals surface area contributed by atoms with E-state index in [1.54, 1.807) is 12.1 Å². The Kier molecular flexibility index (Phi) is 3.71. The Labute approximate surface area is 102 Å². The summed E-state index contributed by atoms with van der Waals surface area (Å²) in [4.78, 5) is 12.1. The second kappa shape index (κ2) is 5.06. The summed E-state index contributed by atoms with van der Waals surface area (Å²) >= 11 is 3.26. The molecule has 4 heteroatoms. The van der Waals surface area contributed by atoms with Crippen molar-refractivity contribution >= 4 is 21.7 Å². The van der Waals surface area contributed by atoms with Gasteiger partial charge in [-0.05, 0) is 44.1 Å². The maximum atomic E-state index is 13.5. The molecule has 0 bridgehead atoms. The van der Waals surface area contributed by atoms with Crippen LogP contribution in [-0.4, -0.2) is 18.9 Å². The molecule has 0 aromatic heterocycles. The number of hydrogen-bond donors (Lipinski definition) is 1. The first-order valence-electron chi connectivity index (χ1n) is 5.38. The van der Waals surface area contributed by atoms with E-state index in [0.29, 0.717) is 0 Å². The van der Waals surface area contributed by atoms with Gasteiger partial charge < -0.3 is 5.32 Å². The summed E-state index contributed by atoms with van der Waals surface area (Å²) in [6.45, 7) is 1.68. The van der Waals surface area contributed by atoms with Crippen LogP contribution in [0.1, 0.15) is 23.2 Å². The fourth-order valence-electron chi connectivity index (χ4n) is 1.99. The first-order valence-corrected chi connectivity index (χ1v) is 6.18. The van der Waals surface area contributed by atoms with Crippen molar-refractivity contribution in [2.75, 3.05) is 13.1 Å². The zero-order valence-corrected chi connectivity index (χ0v) is 10.4. The Balaban J connectivity index is 2.22. The second-order valence-corrected chi connectivity index (χ2v) is 4.93. The minimum Gasteiger partial charge on any atom is -0.317 e. The average molecular weight is 286 g/mol. The molecule has 16 heavy (non-hydrogen) atoms. The molecule has 1 aromatic carbocycles. The molecule has 1 N–H and O–H groups in total. The Morgan fingerprint density at radius 2 is 2.06 bits per heavy atom. The SMILES string of the molecule is O=C(c1cc(Br)ccc1F)C1CCNCC1. The predicted octanol–water partition coefficient (Wildman–Crippen LogP) is 2.77. The lowest BCUT2D eigenvalue weighted by Gasteiger charge is -2.21. The molecule has 1 fully saturated rings. The first kappa shape index (κ1) is 11.7. The Bertz CT molecular complexity index is 402. The average Bonchev–Trinajstić information content (AvgIpc) is 2.32. The van der Waals surface area contributed by atoms with Crippen molar-refractivity contribution in [2.24, 2.45) is 5.92 Å².